The van der Waals surface area contributed by atoms with Crippen LogP contribution in [0.4, 0.5) is 0 Å². The van der Waals surface area contributed by atoms with Crippen LogP contribution in [0.5, 0.6) is 0 Å². The molecule has 0 aliphatic rings. The fourth-order valence-electron chi connectivity index (χ4n) is 1.02. The molecule has 0 aromatic carbocycles. The Morgan fingerprint density at radius 3 is 2.58 bits per heavy atom. The highest BCUT2D eigenvalue weighted by Gasteiger charge is 2.04. The Morgan fingerprint density at radius 2 is 2.08 bits per heavy atom. The van der Waals surface area contributed by atoms with Crippen LogP contribution in [0.3, 0.4) is 0 Å². The minimum Gasteiger partial charge on any atom is -0.377 e. The van der Waals surface area contributed by atoms with Gasteiger partial charge in [0.1, 0.15) is 0 Å². The first-order chi connectivity index (χ1) is 5.85. The van der Waals surface area contributed by atoms with Crippen LogP contribution in [0.25, 0.3) is 0 Å². The standard InChI is InChI=1S/C10H19NO/c1-3-5-6-9-12-10(4-2)7-8-11/h10H,3-7,9H2,1-2H3. The van der Waals surface area contributed by atoms with Gasteiger partial charge in [-0.15, -0.1) is 0 Å². The summed E-state index contributed by atoms with van der Waals surface area (Å²) in [5, 5.41) is 8.44. The lowest BCUT2D eigenvalue weighted by molar-refractivity contribution is 0.0515. The third-order valence-corrected chi connectivity index (χ3v) is 1.88. The zero-order valence-corrected chi connectivity index (χ0v) is 8.18. The first kappa shape index (κ1) is 11.4. The molecule has 0 spiro atoms. The fourth-order valence-corrected chi connectivity index (χ4v) is 1.02. The van der Waals surface area contributed by atoms with Gasteiger partial charge in [-0.2, -0.15) is 5.26 Å². The second-order valence-electron chi connectivity index (χ2n) is 2.97. The van der Waals surface area contributed by atoms with Gasteiger partial charge in [-0.25, -0.2) is 0 Å². The average molecular weight is 169 g/mol. The third-order valence-electron chi connectivity index (χ3n) is 1.88. The van der Waals surface area contributed by atoms with E-state index in [1.54, 1.807) is 0 Å². The summed E-state index contributed by atoms with van der Waals surface area (Å²) < 4.78 is 5.51. The van der Waals surface area contributed by atoms with E-state index in [-0.39, 0.29) is 6.10 Å². The van der Waals surface area contributed by atoms with E-state index < -0.39 is 0 Å². The molecule has 2 heteroatoms. The minimum atomic E-state index is 0.159. The van der Waals surface area contributed by atoms with Crippen LogP contribution >= 0.6 is 0 Å². The van der Waals surface area contributed by atoms with Gasteiger partial charge >= 0.3 is 0 Å². The molecule has 0 saturated heterocycles. The molecule has 0 heterocycles. The largest absolute Gasteiger partial charge is 0.377 e. The molecule has 0 N–H and O–H groups in total. The Hall–Kier alpha value is -0.550. The van der Waals surface area contributed by atoms with E-state index in [0.717, 1.165) is 19.4 Å². The van der Waals surface area contributed by atoms with Crippen molar-refractivity contribution in [3.05, 3.63) is 0 Å². The Morgan fingerprint density at radius 1 is 1.33 bits per heavy atom. The minimum absolute atomic E-state index is 0.159. The highest BCUT2D eigenvalue weighted by Crippen LogP contribution is 2.04. The van der Waals surface area contributed by atoms with Gasteiger partial charge in [0.15, 0.2) is 0 Å². The Kier molecular flexibility index (Phi) is 8.15. The van der Waals surface area contributed by atoms with Crippen molar-refractivity contribution in [1.82, 2.24) is 0 Å². The predicted octanol–water partition coefficient (Wildman–Crippen LogP) is 2.89. The number of ether oxygens (including phenoxy) is 1. The molecule has 1 unspecified atom stereocenters. The Bertz CT molecular complexity index is 128. The summed E-state index contributed by atoms with van der Waals surface area (Å²) >= 11 is 0. The number of nitrogens with zero attached hydrogens (tertiary/aromatic N) is 1. The van der Waals surface area contributed by atoms with Gasteiger partial charge in [-0.1, -0.05) is 26.7 Å². The SMILES string of the molecule is CCCCCOC(CC)CC#N. The predicted molar refractivity (Wildman–Crippen MR) is 49.8 cm³/mol. The molecular formula is C10H19NO. The van der Waals surface area contributed by atoms with Crippen LogP contribution in [0.15, 0.2) is 0 Å². The highest BCUT2D eigenvalue weighted by molar-refractivity contribution is 4.75. The van der Waals surface area contributed by atoms with Crippen molar-refractivity contribution in [2.24, 2.45) is 0 Å². The topological polar surface area (TPSA) is 33.0 Å². The maximum Gasteiger partial charge on any atom is 0.0702 e. The summed E-state index contributed by atoms with van der Waals surface area (Å²) in [6.45, 7) is 5.04. The monoisotopic (exact) mass is 169 g/mol. The van der Waals surface area contributed by atoms with Crippen LogP contribution in [-0.4, -0.2) is 12.7 Å². The van der Waals surface area contributed by atoms with Gasteiger partial charge in [0.25, 0.3) is 0 Å². The van der Waals surface area contributed by atoms with E-state index in [4.69, 9.17) is 10.00 Å². The third kappa shape index (κ3) is 6.18. The summed E-state index contributed by atoms with van der Waals surface area (Å²) in [7, 11) is 0. The van der Waals surface area contributed by atoms with Crippen molar-refractivity contribution in [1.29, 1.82) is 5.26 Å². The van der Waals surface area contributed by atoms with E-state index >= 15 is 0 Å². The second-order valence-corrected chi connectivity index (χ2v) is 2.97. The summed E-state index contributed by atoms with van der Waals surface area (Å²) in [4.78, 5) is 0. The van der Waals surface area contributed by atoms with Crippen LogP contribution in [-0.2, 0) is 4.74 Å². The van der Waals surface area contributed by atoms with E-state index in [1.807, 2.05) is 0 Å². The summed E-state index contributed by atoms with van der Waals surface area (Å²) in [6.07, 6.45) is 5.20. The van der Waals surface area contributed by atoms with Crippen molar-refractivity contribution in [2.75, 3.05) is 6.61 Å². The molecule has 0 radical (unpaired) electrons. The van der Waals surface area contributed by atoms with E-state index in [9.17, 15) is 0 Å². The molecule has 0 bridgehead atoms. The molecule has 1 atom stereocenters. The Labute approximate surface area is 75.5 Å². The van der Waals surface area contributed by atoms with Gasteiger partial charge in [0, 0.05) is 6.61 Å². The molecule has 2 nitrogen and oxygen atoms in total. The smallest absolute Gasteiger partial charge is 0.0702 e. The summed E-state index contributed by atoms with van der Waals surface area (Å²) in [6, 6.07) is 2.13. The van der Waals surface area contributed by atoms with Gasteiger partial charge < -0.3 is 4.74 Å². The van der Waals surface area contributed by atoms with E-state index in [1.165, 1.54) is 12.8 Å². The first-order valence-electron chi connectivity index (χ1n) is 4.83. The van der Waals surface area contributed by atoms with Crippen LogP contribution in [0.1, 0.15) is 46.0 Å². The molecule has 0 rings (SSSR count). The molecule has 0 aliphatic heterocycles. The molecule has 0 aromatic heterocycles. The maximum absolute atomic E-state index is 8.44. The van der Waals surface area contributed by atoms with Crippen molar-refractivity contribution in [3.8, 4) is 6.07 Å². The maximum atomic E-state index is 8.44. The van der Waals surface area contributed by atoms with Crippen molar-refractivity contribution in [3.63, 3.8) is 0 Å². The Balaban J connectivity index is 3.26. The second kappa shape index (κ2) is 8.55. The van der Waals surface area contributed by atoms with E-state index in [0.29, 0.717) is 6.42 Å². The average Bonchev–Trinajstić information content (AvgIpc) is 2.10. The lowest BCUT2D eigenvalue weighted by Gasteiger charge is -2.11. The van der Waals surface area contributed by atoms with Gasteiger partial charge in [-0.05, 0) is 12.8 Å². The van der Waals surface area contributed by atoms with Crippen LogP contribution in [0, 0.1) is 11.3 Å². The zero-order chi connectivity index (χ0) is 9.23. The molecule has 0 fully saturated rings. The number of unbranched alkanes of at least 4 members (excludes halogenated alkanes) is 2. The molecule has 0 aromatic rings. The molecule has 0 amide bonds. The summed E-state index contributed by atoms with van der Waals surface area (Å²) in [5.41, 5.74) is 0. The molecule has 0 aliphatic carbocycles. The number of hydrogen-bond donors (Lipinski definition) is 0. The normalized spacial score (nSPS) is 12.4. The lowest BCUT2D eigenvalue weighted by Crippen LogP contribution is -2.11. The van der Waals surface area contributed by atoms with Crippen molar-refractivity contribution < 1.29 is 4.74 Å². The van der Waals surface area contributed by atoms with Crippen LogP contribution < -0.4 is 0 Å². The lowest BCUT2D eigenvalue weighted by atomic mass is 10.2. The first-order valence-corrected chi connectivity index (χ1v) is 4.83. The van der Waals surface area contributed by atoms with E-state index in [2.05, 4.69) is 19.9 Å². The van der Waals surface area contributed by atoms with Gasteiger partial charge in [0.05, 0.1) is 18.6 Å². The molecular weight excluding hydrogens is 150 g/mol. The number of nitriles is 1. The zero-order valence-electron chi connectivity index (χ0n) is 8.18. The summed E-state index contributed by atoms with van der Waals surface area (Å²) in [5.74, 6) is 0. The molecule has 12 heavy (non-hydrogen) atoms. The fraction of sp³-hybridized carbons (Fsp3) is 0.900. The van der Waals surface area contributed by atoms with Gasteiger partial charge in [0.2, 0.25) is 0 Å². The number of rotatable bonds is 7. The van der Waals surface area contributed by atoms with Crippen molar-refractivity contribution in [2.45, 2.75) is 52.1 Å². The molecule has 0 saturated carbocycles. The molecule has 70 valence electrons. The number of hydrogen-bond acceptors (Lipinski definition) is 2. The quantitative estimate of drug-likeness (QED) is 0.549. The van der Waals surface area contributed by atoms with Gasteiger partial charge in [-0.3, -0.25) is 0 Å². The van der Waals surface area contributed by atoms with Crippen molar-refractivity contribution >= 4 is 0 Å². The van der Waals surface area contributed by atoms with Crippen LogP contribution in [0.2, 0.25) is 0 Å². The highest BCUT2D eigenvalue weighted by atomic mass is 16.5.